The van der Waals surface area contributed by atoms with Crippen LogP contribution in [0.5, 0.6) is 0 Å². The van der Waals surface area contributed by atoms with Crippen molar-refractivity contribution >= 4 is 11.6 Å². The van der Waals surface area contributed by atoms with Gasteiger partial charge in [-0.25, -0.2) is 4.39 Å². The lowest BCUT2D eigenvalue weighted by Crippen LogP contribution is -2.46. The van der Waals surface area contributed by atoms with Gasteiger partial charge in [0.15, 0.2) is 0 Å². The second kappa shape index (κ2) is 8.71. The first kappa shape index (κ1) is 24.0. The van der Waals surface area contributed by atoms with Gasteiger partial charge in [0.1, 0.15) is 11.9 Å². The Morgan fingerprint density at radius 3 is 2.27 bits per heavy atom. The van der Waals surface area contributed by atoms with Crippen LogP contribution in [0.2, 0.25) is 0 Å². The van der Waals surface area contributed by atoms with Gasteiger partial charge in [0.05, 0.1) is 40.6 Å². The number of nitrogens with zero attached hydrogens (tertiary/aromatic N) is 2. The van der Waals surface area contributed by atoms with Crippen LogP contribution >= 0.6 is 0 Å². The second-order valence-corrected chi connectivity index (χ2v) is 7.29. The maximum atomic E-state index is 14.0. The maximum Gasteiger partial charge on any atom is 0.417 e. The van der Waals surface area contributed by atoms with Crippen molar-refractivity contribution < 1.29 is 35.5 Å². The zero-order chi connectivity index (χ0) is 24.6. The van der Waals surface area contributed by atoms with Crippen LogP contribution in [0.15, 0.2) is 36.4 Å². The average molecular weight is 470 g/mol. The molecule has 1 aliphatic heterocycles. The summed E-state index contributed by atoms with van der Waals surface area (Å²) >= 11 is 0. The van der Waals surface area contributed by atoms with E-state index >= 15 is 0 Å². The number of hydrogen-bond donors (Lipinski definition) is 2. The quantitative estimate of drug-likeness (QED) is 0.642. The van der Waals surface area contributed by atoms with Gasteiger partial charge in [-0.15, -0.1) is 0 Å². The highest BCUT2D eigenvalue weighted by molar-refractivity contribution is 5.95. The van der Waals surface area contributed by atoms with Crippen LogP contribution in [0.3, 0.4) is 0 Å². The molecule has 2 aromatic carbocycles. The van der Waals surface area contributed by atoms with E-state index in [-0.39, 0.29) is 16.8 Å². The number of alkyl halides is 6. The predicted octanol–water partition coefficient (Wildman–Crippen LogP) is 4.60. The Hall–Kier alpha value is -3.64. The van der Waals surface area contributed by atoms with E-state index in [9.17, 15) is 35.5 Å². The minimum atomic E-state index is -4.97. The fraction of sp³-hybridized carbons (Fsp3) is 0.286. The summed E-state index contributed by atoms with van der Waals surface area (Å²) in [6, 6.07) is 4.51. The molecule has 0 aromatic heterocycles. The Morgan fingerprint density at radius 2 is 1.73 bits per heavy atom. The van der Waals surface area contributed by atoms with Gasteiger partial charge in [-0.05, 0) is 42.3 Å². The minimum absolute atomic E-state index is 0.0389. The van der Waals surface area contributed by atoms with E-state index in [1.54, 1.807) is 6.07 Å². The van der Waals surface area contributed by atoms with Gasteiger partial charge >= 0.3 is 12.4 Å². The van der Waals surface area contributed by atoms with Crippen molar-refractivity contribution in [2.45, 2.75) is 36.8 Å². The smallest absolute Gasteiger partial charge is 0.322 e. The number of anilines is 1. The van der Waals surface area contributed by atoms with Crippen LogP contribution < -0.4 is 10.6 Å². The molecule has 5 nitrogen and oxygen atoms in total. The van der Waals surface area contributed by atoms with Gasteiger partial charge in [0.2, 0.25) is 5.91 Å². The number of halogens is 7. The van der Waals surface area contributed by atoms with Crippen molar-refractivity contribution in [3.8, 4) is 12.1 Å². The van der Waals surface area contributed by atoms with Crippen LogP contribution in [0.25, 0.3) is 0 Å². The topological polar surface area (TPSA) is 88.7 Å². The zero-order valence-electron chi connectivity index (χ0n) is 16.4. The summed E-state index contributed by atoms with van der Waals surface area (Å²) in [5, 5.41) is 21.8. The first-order valence-corrected chi connectivity index (χ1v) is 9.29. The molecular weight excluding hydrogens is 457 g/mol. The highest BCUT2D eigenvalue weighted by Gasteiger charge is 2.52. The van der Waals surface area contributed by atoms with Crippen LogP contribution in [0.1, 0.15) is 34.6 Å². The molecule has 33 heavy (non-hydrogen) atoms. The third kappa shape index (κ3) is 5.07. The number of rotatable bonds is 3. The zero-order valence-corrected chi connectivity index (χ0v) is 16.4. The number of nitriles is 2. The van der Waals surface area contributed by atoms with E-state index in [1.807, 2.05) is 0 Å². The molecule has 1 unspecified atom stereocenters. The fourth-order valence-electron chi connectivity index (χ4n) is 3.66. The van der Waals surface area contributed by atoms with Crippen molar-refractivity contribution in [2.75, 3.05) is 5.32 Å². The van der Waals surface area contributed by atoms with E-state index in [1.165, 1.54) is 12.1 Å². The highest BCUT2D eigenvalue weighted by atomic mass is 19.4. The predicted molar refractivity (Wildman–Crippen MR) is 100 cm³/mol. The number of benzene rings is 2. The van der Waals surface area contributed by atoms with Gasteiger partial charge in [0.25, 0.3) is 0 Å². The molecule has 2 N–H and O–H groups in total. The molecule has 12 heteroatoms. The molecule has 0 spiro atoms. The van der Waals surface area contributed by atoms with E-state index in [0.29, 0.717) is 6.07 Å². The van der Waals surface area contributed by atoms with Crippen LogP contribution in [-0.2, 0) is 11.0 Å². The summed E-state index contributed by atoms with van der Waals surface area (Å²) in [7, 11) is 0. The first-order chi connectivity index (χ1) is 15.3. The van der Waals surface area contributed by atoms with Crippen molar-refractivity contribution in [1.82, 2.24) is 5.32 Å². The van der Waals surface area contributed by atoms with E-state index in [0.717, 1.165) is 24.3 Å². The van der Waals surface area contributed by atoms with Gasteiger partial charge < -0.3 is 5.32 Å². The molecule has 0 bridgehead atoms. The Balaban J connectivity index is 1.91. The van der Waals surface area contributed by atoms with Crippen molar-refractivity contribution in [1.29, 1.82) is 10.5 Å². The monoisotopic (exact) mass is 470 g/mol. The van der Waals surface area contributed by atoms with Crippen LogP contribution in [-0.4, -0.2) is 24.2 Å². The van der Waals surface area contributed by atoms with Gasteiger partial charge in [-0.1, -0.05) is 6.07 Å². The van der Waals surface area contributed by atoms with E-state index in [4.69, 9.17) is 10.5 Å². The second-order valence-electron chi connectivity index (χ2n) is 7.29. The summed E-state index contributed by atoms with van der Waals surface area (Å²) in [5.74, 6) is -3.58. The lowest BCUT2D eigenvalue weighted by Gasteiger charge is -2.23. The van der Waals surface area contributed by atoms with E-state index in [2.05, 4.69) is 10.6 Å². The summed E-state index contributed by atoms with van der Waals surface area (Å²) in [5.41, 5.74) is -2.88. The third-order valence-corrected chi connectivity index (χ3v) is 5.20. The van der Waals surface area contributed by atoms with Crippen molar-refractivity contribution in [3.63, 3.8) is 0 Å². The third-order valence-electron chi connectivity index (χ3n) is 5.20. The molecule has 1 fully saturated rings. The number of carbonyl (C=O) groups excluding carboxylic acids is 1. The van der Waals surface area contributed by atoms with E-state index < -0.39 is 59.6 Å². The molecule has 3 atom stereocenters. The van der Waals surface area contributed by atoms with Crippen molar-refractivity contribution in [3.05, 3.63) is 64.5 Å². The highest BCUT2D eigenvalue weighted by Crippen LogP contribution is 2.42. The first-order valence-electron chi connectivity index (χ1n) is 9.29. The maximum absolute atomic E-state index is 14.0. The lowest BCUT2D eigenvalue weighted by molar-refractivity contribution is -0.156. The summed E-state index contributed by atoms with van der Waals surface area (Å²) in [6.07, 6.45) is -10.4. The van der Waals surface area contributed by atoms with Gasteiger partial charge in [-0.2, -0.15) is 36.9 Å². The standard InChI is InChI=1S/C21H13F7N4O/c22-15-5-10(8-29)1-4-16(15)32-19(33)17-7-13(18(31-17)21(26,27)28)11-2-3-12(9-30)14(6-11)20(23,24)25/h1-6,13,17-18,31H,7H2,(H,32,33)/t13?,17-,18+/m0/s1. The lowest BCUT2D eigenvalue weighted by atomic mass is 9.88. The summed E-state index contributed by atoms with van der Waals surface area (Å²) in [6.45, 7) is 0. The molecule has 0 aliphatic carbocycles. The van der Waals surface area contributed by atoms with Crippen LogP contribution in [0.4, 0.5) is 36.4 Å². The molecule has 1 saturated heterocycles. The molecule has 0 saturated carbocycles. The number of hydrogen-bond acceptors (Lipinski definition) is 4. The summed E-state index contributed by atoms with van der Waals surface area (Å²) in [4.78, 5) is 12.5. The van der Waals surface area contributed by atoms with Crippen molar-refractivity contribution in [2.24, 2.45) is 0 Å². The molecule has 1 aliphatic rings. The number of amides is 1. The van der Waals surface area contributed by atoms with Gasteiger partial charge in [-0.3, -0.25) is 10.1 Å². The molecule has 172 valence electrons. The molecule has 1 heterocycles. The largest absolute Gasteiger partial charge is 0.417 e. The van der Waals surface area contributed by atoms with Gasteiger partial charge in [0, 0.05) is 5.92 Å². The fourth-order valence-corrected chi connectivity index (χ4v) is 3.66. The Bertz CT molecular complexity index is 1160. The molecule has 1 amide bonds. The summed E-state index contributed by atoms with van der Waals surface area (Å²) < 4.78 is 94.7. The molecular formula is C21H13F7N4O. The Kier molecular flexibility index (Phi) is 6.34. The number of nitrogens with one attached hydrogen (secondary N) is 2. The SMILES string of the molecule is N#Cc1ccc(NC(=O)[C@@H]2CC(c3ccc(C#N)c(C(F)(F)F)c3)[C@H](C(F)(F)F)N2)c(F)c1. The van der Waals surface area contributed by atoms with Crippen LogP contribution in [0, 0.1) is 28.5 Å². The Morgan fingerprint density at radius 1 is 1.03 bits per heavy atom. The molecule has 2 aromatic rings. The minimum Gasteiger partial charge on any atom is -0.322 e. The molecule has 3 rings (SSSR count). The normalized spacial score (nSPS) is 20.7. The molecule has 0 radical (unpaired) electrons. The number of carbonyl (C=O) groups is 1. The average Bonchev–Trinajstić information content (AvgIpc) is 3.20. The Labute approximate surface area is 182 Å².